The van der Waals surface area contributed by atoms with E-state index in [2.05, 4.69) is 29.6 Å². The Balaban J connectivity index is 1.45. The van der Waals surface area contributed by atoms with Crippen molar-refractivity contribution in [2.75, 3.05) is 13.7 Å². The van der Waals surface area contributed by atoms with Crippen molar-refractivity contribution in [3.05, 3.63) is 93.5 Å². The fourth-order valence-corrected chi connectivity index (χ4v) is 3.12. The molecule has 0 amide bonds. The quantitative estimate of drug-likeness (QED) is 0.440. The van der Waals surface area contributed by atoms with Crippen LogP contribution in [0, 0.1) is 0 Å². The van der Waals surface area contributed by atoms with Gasteiger partial charge in [0.2, 0.25) is 0 Å². The van der Waals surface area contributed by atoms with Crippen LogP contribution in [0.1, 0.15) is 16.7 Å². The first-order valence-corrected chi connectivity index (χ1v) is 9.89. The van der Waals surface area contributed by atoms with Crippen molar-refractivity contribution in [1.29, 1.82) is 0 Å². The van der Waals surface area contributed by atoms with Crippen molar-refractivity contribution in [1.82, 2.24) is 5.32 Å². The number of nitrogens with one attached hydrogen (secondary N) is 1. The minimum atomic E-state index is 0.450. The lowest BCUT2D eigenvalue weighted by Crippen LogP contribution is -2.16. The van der Waals surface area contributed by atoms with Crippen LogP contribution in [-0.2, 0) is 19.6 Å². The predicted molar refractivity (Wildman–Crippen MR) is 116 cm³/mol. The highest BCUT2D eigenvalue weighted by atomic mass is 35.5. The molecule has 1 N–H and O–H groups in total. The molecule has 3 rings (SSSR count). The molecule has 3 aromatic rings. The van der Waals surface area contributed by atoms with Crippen LogP contribution >= 0.6 is 23.2 Å². The molecular formula is C23H23Cl2NO2. The molecule has 0 aliphatic rings. The highest BCUT2D eigenvalue weighted by Crippen LogP contribution is 2.23. The van der Waals surface area contributed by atoms with E-state index in [1.165, 1.54) is 11.1 Å². The second kappa shape index (κ2) is 10.4. The van der Waals surface area contributed by atoms with Crippen LogP contribution in [-0.4, -0.2) is 13.7 Å². The van der Waals surface area contributed by atoms with Gasteiger partial charge in [-0.15, -0.1) is 0 Å². The fourth-order valence-electron chi connectivity index (χ4n) is 2.80. The minimum Gasteiger partial charge on any atom is -0.497 e. The van der Waals surface area contributed by atoms with E-state index in [4.69, 9.17) is 32.7 Å². The Morgan fingerprint density at radius 3 is 2.32 bits per heavy atom. The summed E-state index contributed by atoms with van der Waals surface area (Å²) in [5, 5.41) is 4.56. The maximum Gasteiger partial charge on any atom is 0.120 e. The number of ether oxygens (including phenoxy) is 2. The second-order valence-corrected chi connectivity index (χ2v) is 7.27. The van der Waals surface area contributed by atoms with Crippen LogP contribution < -0.4 is 14.8 Å². The molecule has 0 heterocycles. The highest BCUT2D eigenvalue weighted by molar-refractivity contribution is 6.42. The van der Waals surface area contributed by atoms with Crippen molar-refractivity contribution < 1.29 is 9.47 Å². The van der Waals surface area contributed by atoms with E-state index in [-0.39, 0.29) is 0 Å². The lowest BCUT2D eigenvalue weighted by atomic mass is 10.1. The predicted octanol–water partition coefficient (Wildman–Crippen LogP) is 5.91. The van der Waals surface area contributed by atoms with Crippen molar-refractivity contribution in [3.8, 4) is 11.5 Å². The summed E-state index contributed by atoms with van der Waals surface area (Å²) in [5.41, 5.74) is 3.45. The van der Waals surface area contributed by atoms with Crippen LogP contribution in [0.4, 0.5) is 0 Å². The third-order valence-corrected chi connectivity index (χ3v) is 5.11. The number of hydrogen-bond acceptors (Lipinski definition) is 3. The van der Waals surface area contributed by atoms with Gasteiger partial charge in [-0.05, 0) is 66.1 Å². The maximum atomic E-state index is 6.05. The average Bonchev–Trinajstić information content (AvgIpc) is 2.73. The molecule has 0 saturated heterocycles. The zero-order valence-electron chi connectivity index (χ0n) is 15.8. The molecule has 3 nitrogen and oxygen atoms in total. The molecule has 0 spiro atoms. The van der Waals surface area contributed by atoms with Crippen molar-refractivity contribution in [2.24, 2.45) is 0 Å². The zero-order chi connectivity index (χ0) is 19.8. The number of methoxy groups -OCH3 is 1. The molecule has 146 valence electrons. The lowest BCUT2D eigenvalue weighted by Gasteiger charge is -2.10. The van der Waals surface area contributed by atoms with Gasteiger partial charge in [0.15, 0.2) is 0 Å². The summed E-state index contributed by atoms with van der Waals surface area (Å²) in [6.07, 6.45) is 0.970. The Kier molecular flexibility index (Phi) is 7.61. The van der Waals surface area contributed by atoms with E-state index in [1.807, 2.05) is 36.4 Å². The molecule has 0 fully saturated rings. The summed E-state index contributed by atoms with van der Waals surface area (Å²) in [7, 11) is 1.68. The smallest absolute Gasteiger partial charge is 0.120 e. The van der Waals surface area contributed by atoms with Gasteiger partial charge in [0, 0.05) is 6.54 Å². The van der Waals surface area contributed by atoms with Gasteiger partial charge in [0.25, 0.3) is 0 Å². The number of benzene rings is 3. The molecule has 0 atom stereocenters. The second-order valence-electron chi connectivity index (χ2n) is 6.46. The van der Waals surface area contributed by atoms with Gasteiger partial charge >= 0.3 is 0 Å². The Morgan fingerprint density at radius 2 is 1.57 bits per heavy atom. The molecule has 28 heavy (non-hydrogen) atoms. The standard InChI is InChI=1S/C23H23Cl2NO2/c1-27-20-8-5-17(6-9-20)11-12-26-15-18-3-2-4-21(13-18)28-16-19-7-10-22(24)23(25)14-19/h2-10,13-14,26H,11-12,15-16H2,1H3. The first kappa shape index (κ1) is 20.5. The normalized spacial score (nSPS) is 10.7. The molecule has 0 aliphatic carbocycles. The van der Waals surface area contributed by atoms with Gasteiger partial charge in [0.05, 0.1) is 17.2 Å². The Morgan fingerprint density at radius 1 is 0.786 bits per heavy atom. The monoisotopic (exact) mass is 415 g/mol. The van der Waals surface area contributed by atoms with Crippen molar-refractivity contribution in [2.45, 2.75) is 19.6 Å². The summed E-state index contributed by atoms with van der Waals surface area (Å²) in [5.74, 6) is 1.72. The molecule has 0 saturated carbocycles. The molecule has 0 aliphatic heterocycles. The van der Waals surface area contributed by atoms with Gasteiger partial charge in [-0.25, -0.2) is 0 Å². The van der Waals surface area contributed by atoms with Crippen LogP contribution in [0.5, 0.6) is 11.5 Å². The summed E-state index contributed by atoms with van der Waals surface area (Å²) in [4.78, 5) is 0. The van der Waals surface area contributed by atoms with Gasteiger partial charge in [-0.1, -0.05) is 53.5 Å². The fraction of sp³-hybridized carbons (Fsp3) is 0.217. The lowest BCUT2D eigenvalue weighted by molar-refractivity contribution is 0.306. The van der Waals surface area contributed by atoms with Gasteiger partial charge in [-0.2, -0.15) is 0 Å². The molecule has 0 unspecified atom stereocenters. The average molecular weight is 416 g/mol. The van der Waals surface area contributed by atoms with Crippen LogP contribution in [0.25, 0.3) is 0 Å². The van der Waals surface area contributed by atoms with E-state index in [1.54, 1.807) is 13.2 Å². The van der Waals surface area contributed by atoms with Crippen molar-refractivity contribution in [3.63, 3.8) is 0 Å². The SMILES string of the molecule is COc1ccc(CCNCc2cccc(OCc3ccc(Cl)c(Cl)c3)c2)cc1. The third-order valence-electron chi connectivity index (χ3n) is 4.37. The molecule has 0 bridgehead atoms. The maximum absolute atomic E-state index is 6.05. The van der Waals surface area contributed by atoms with E-state index >= 15 is 0 Å². The molecule has 5 heteroatoms. The van der Waals surface area contributed by atoms with Gasteiger partial charge in [0.1, 0.15) is 18.1 Å². The van der Waals surface area contributed by atoms with E-state index < -0.39 is 0 Å². The first-order chi connectivity index (χ1) is 13.6. The van der Waals surface area contributed by atoms with Crippen LogP contribution in [0.2, 0.25) is 10.0 Å². The van der Waals surface area contributed by atoms with Crippen LogP contribution in [0.3, 0.4) is 0 Å². The summed E-state index contributed by atoms with van der Waals surface area (Å²) < 4.78 is 11.1. The number of hydrogen-bond donors (Lipinski definition) is 1. The topological polar surface area (TPSA) is 30.5 Å². The van der Waals surface area contributed by atoms with Crippen molar-refractivity contribution >= 4 is 23.2 Å². The Hall–Kier alpha value is -2.20. The zero-order valence-corrected chi connectivity index (χ0v) is 17.3. The van der Waals surface area contributed by atoms with Gasteiger partial charge in [-0.3, -0.25) is 0 Å². The molecular weight excluding hydrogens is 393 g/mol. The summed E-state index contributed by atoms with van der Waals surface area (Å²) in [6, 6.07) is 21.8. The summed E-state index contributed by atoms with van der Waals surface area (Å²) >= 11 is 12.0. The number of rotatable bonds is 9. The molecule has 3 aromatic carbocycles. The summed E-state index contributed by atoms with van der Waals surface area (Å²) in [6.45, 7) is 2.14. The van der Waals surface area contributed by atoms with E-state index in [9.17, 15) is 0 Å². The number of halogens is 2. The van der Waals surface area contributed by atoms with E-state index in [0.717, 1.165) is 36.6 Å². The third kappa shape index (κ3) is 6.16. The van der Waals surface area contributed by atoms with E-state index in [0.29, 0.717) is 16.7 Å². The largest absolute Gasteiger partial charge is 0.497 e. The Bertz CT molecular complexity index is 897. The first-order valence-electron chi connectivity index (χ1n) is 9.13. The van der Waals surface area contributed by atoms with Crippen LogP contribution in [0.15, 0.2) is 66.7 Å². The Labute approximate surface area is 176 Å². The minimum absolute atomic E-state index is 0.450. The highest BCUT2D eigenvalue weighted by Gasteiger charge is 2.02. The van der Waals surface area contributed by atoms with Gasteiger partial charge < -0.3 is 14.8 Å². The molecule has 0 aromatic heterocycles. The molecule has 0 radical (unpaired) electrons.